The molecule has 1 saturated heterocycles. The fraction of sp³-hybridized carbons (Fsp3) is 0.364. The van der Waals surface area contributed by atoms with Gasteiger partial charge in [-0.05, 0) is 63.5 Å². The summed E-state index contributed by atoms with van der Waals surface area (Å²) in [5, 5.41) is 6.11. The number of hydrogen-bond donors (Lipinski definition) is 2. The molecule has 5 nitrogen and oxygen atoms in total. The standard InChI is InChI=1S/C22H27N3O2/c1-16-7-5-9-18(13-16)21(26)24-20-11-4-3-10-19(20)22(27)25-12-6-8-17(15-25)14-23-2/h3-5,7,9-11,13,17,23H,6,8,12,14-15H2,1-2H3,(H,24,26). The van der Waals surface area contributed by atoms with Gasteiger partial charge in [0.05, 0.1) is 11.3 Å². The predicted molar refractivity (Wildman–Crippen MR) is 108 cm³/mol. The van der Waals surface area contributed by atoms with Gasteiger partial charge < -0.3 is 15.5 Å². The first-order valence-corrected chi connectivity index (χ1v) is 9.49. The van der Waals surface area contributed by atoms with Crippen LogP contribution in [0.25, 0.3) is 0 Å². The lowest BCUT2D eigenvalue weighted by Crippen LogP contribution is -2.42. The Labute approximate surface area is 160 Å². The number of anilines is 1. The summed E-state index contributed by atoms with van der Waals surface area (Å²) in [5.41, 5.74) is 2.72. The number of benzene rings is 2. The molecule has 1 unspecified atom stereocenters. The maximum Gasteiger partial charge on any atom is 0.255 e. The number of aryl methyl sites for hydroxylation is 1. The van der Waals surface area contributed by atoms with Crippen LogP contribution < -0.4 is 10.6 Å². The van der Waals surface area contributed by atoms with E-state index in [0.717, 1.165) is 38.0 Å². The van der Waals surface area contributed by atoms with Crippen LogP contribution in [0.2, 0.25) is 0 Å². The number of carbonyl (C=O) groups is 2. The Hall–Kier alpha value is -2.66. The molecule has 1 aliphatic rings. The Morgan fingerprint density at radius 2 is 1.96 bits per heavy atom. The first-order valence-electron chi connectivity index (χ1n) is 9.49. The number of para-hydroxylation sites is 1. The highest BCUT2D eigenvalue weighted by Gasteiger charge is 2.25. The Morgan fingerprint density at radius 1 is 1.15 bits per heavy atom. The van der Waals surface area contributed by atoms with E-state index in [9.17, 15) is 9.59 Å². The lowest BCUT2D eigenvalue weighted by Gasteiger charge is -2.33. The van der Waals surface area contributed by atoms with E-state index in [1.807, 2.05) is 49.2 Å². The number of likely N-dealkylation sites (tertiary alicyclic amines) is 1. The van der Waals surface area contributed by atoms with Crippen molar-refractivity contribution in [2.24, 2.45) is 5.92 Å². The Kier molecular flexibility index (Phi) is 6.24. The molecule has 1 fully saturated rings. The van der Waals surface area contributed by atoms with Gasteiger partial charge in [0, 0.05) is 18.7 Å². The number of hydrogen-bond acceptors (Lipinski definition) is 3. The van der Waals surface area contributed by atoms with E-state index in [4.69, 9.17) is 0 Å². The molecule has 2 amide bonds. The van der Waals surface area contributed by atoms with E-state index < -0.39 is 0 Å². The highest BCUT2D eigenvalue weighted by molar-refractivity contribution is 6.09. The Morgan fingerprint density at radius 3 is 2.74 bits per heavy atom. The highest BCUT2D eigenvalue weighted by atomic mass is 16.2. The average molecular weight is 365 g/mol. The number of nitrogens with zero attached hydrogens (tertiary/aromatic N) is 1. The molecule has 3 rings (SSSR count). The van der Waals surface area contributed by atoms with Crippen LogP contribution in [0.4, 0.5) is 5.69 Å². The number of rotatable bonds is 5. The van der Waals surface area contributed by atoms with Gasteiger partial charge in [-0.1, -0.05) is 29.8 Å². The second-order valence-electron chi connectivity index (χ2n) is 7.19. The summed E-state index contributed by atoms with van der Waals surface area (Å²) in [6, 6.07) is 14.7. The van der Waals surface area contributed by atoms with E-state index >= 15 is 0 Å². The van der Waals surface area contributed by atoms with Crippen LogP contribution in [0.5, 0.6) is 0 Å². The molecule has 0 aromatic heterocycles. The van der Waals surface area contributed by atoms with Crippen molar-refractivity contribution >= 4 is 17.5 Å². The topological polar surface area (TPSA) is 61.4 Å². The predicted octanol–water partition coefficient (Wildman–Crippen LogP) is 3.32. The molecule has 0 saturated carbocycles. The molecule has 27 heavy (non-hydrogen) atoms. The molecule has 1 heterocycles. The maximum absolute atomic E-state index is 13.1. The number of nitrogens with one attached hydrogen (secondary N) is 2. The molecule has 0 radical (unpaired) electrons. The van der Waals surface area contributed by atoms with Crippen molar-refractivity contribution in [1.29, 1.82) is 0 Å². The molecular weight excluding hydrogens is 338 g/mol. The molecule has 1 atom stereocenters. The molecular formula is C22H27N3O2. The minimum atomic E-state index is -0.203. The summed E-state index contributed by atoms with van der Waals surface area (Å²) >= 11 is 0. The zero-order valence-corrected chi connectivity index (χ0v) is 16.0. The lowest BCUT2D eigenvalue weighted by atomic mass is 9.97. The van der Waals surface area contributed by atoms with Crippen molar-refractivity contribution in [3.05, 3.63) is 65.2 Å². The third-order valence-electron chi connectivity index (χ3n) is 4.98. The summed E-state index contributed by atoms with van der Waals surface area (Å²) in [6.45, 7) is 4.38. The van der Waals surface area contributed by atoms with Gasteiger partial charge in [-0.15, -0.1) is 0 Å². The zero-order chi connectivity index (χ0) is 19.2. The molecule has 0 aliphatic carbocycles. The summed E-state index contributed by atoms with van der Waals surface area (Å²) in [6.07, 6.45) is 2.15. The second kappa shape index (κ2) is 8.82. The quantitative estimate of drug-likeness (QED) is 0.854. The fourth-order valence-electron chi connectivity index (χ4n) is 3.63. The smallest absolute Gasteiger partial charge is 0.255 e. The number of amides is 2. The van der Waals surface area contributed by atoms with Crippen molar-refractivity contribution in [3.63, 3.8) is 0 Å². The van der Waals surface area contributed by atoms with Crippen molar-refractivity contribution < 1.29 is 9.59 Å². The summed E-state index contributed by atoms with van der Waals surface area (Å²) < 4.78 is 0. The molecule has 2 N–H and O–H groups in total. The first-order chi connectivity index (χ1) is 13.1. The lowest BCUT2D eigenvalue weighted by molar-refractivity contribution is 0.0675. The fourth-order valence-corrected chi connectivity index (χ4v) is 3.63. The van der Waals surface area contributed by atoms with Gasteiger partial charge in [0.2, 0.25) is 0 Å². The van der Waals surface area contributed by atoms with Gasteiger partial charge in [-0.3, -0.25) is 9.59 Å². The van der Waals surface area contributed by atoms with Crippen LogP contribution in [0.3, 0.4) is 0 Å². The minimum Gasteiger partial charge on any atom is -0.338 e. The molecule has 0 bridgehead atoms. The van der Waals surface area contributed by atoms with Crippen LogP contribution in [0.1, 0.15) is 39.1 Å². The van der Waals surface area contributed by atoms with Crippen LogP contribution in [-0.2, 0) is 0 Å². The van der Waals surface area contributed by atoms with Crippen LogP contribution in [0.15, 0.2) is 48.5 Å². The summed E-state index contributed by atoms with van der Waals surface area (Å²) in [7, 11) is 1.94. The Balaban J connectivity index is 1.77. The first kappa shape index (κ1) is 19.1. The van der Waals surface area contributed by atoms with Gasteiger partial charge in [0.25, 0.3) is 11.8 Å². The largest absolute Gasteiger partial charge is 0.338 e. The van der Waals surface area contributed by atoms with Crippen molar-refractivity contribution in [2.45, 2.75) is 19.8 Å². The Bertz CT molecular complexity index is 817. The molecule has 5 heteroatoms. The molecule has 2 aromatic rings. The van der Waals surface area contributed by atoms with Crippen molar-refractivity contribution in [3.8, 4) is 0 Å². The van der Waals surface area contributed by atoms with Crippen LogP contribution in [-0.4, -0.2) is 43.4 Å². The van der Waals surface area contributed by atoms with Crippen molar-refractivity contribution in [1.82, 2.24) is 10.2 Å². The van der Waals surface area contributed by atoms with Crippen LogP contribution in [0, 0.1) is 12.8 Å². The van der Waals surface area contributed by atoms with Gasteiger partial charge >= 0.3 is 0 Å². The minimum absolute atomic E-state index is 0.0176. The van der Waals surface area contributed by atoms with Gasteiger partial charge in [0.1, 0.15) is 0 Å². The monoisotopic (exact) mass is 365 g/mol. The summed E-state index contributed by atoms with van der Waals surface area (Å²) in [4.78, 5) is 27.6. The second-order valence-corrected chi connectivity index (χ2v) is 7.19. The molecule has 2 aromatic carbocycles. The molecule has 0 spiro atoms. The number of carbonyl (C=O) groups excluding carboxylic acids is 2. The third-order valence-corrected chi connectivity index (χ3v) is 4.98. The van der Waals surface area contributed by atoms with E-state index in [2.05, 4.69) is 10.6 Å². The SMILES string of the molecule is CNCC1CCCN(C(=O)c2ccccc2NC(=O)c2cccc(C)c2)C1. The van der Waals surface area contributed by atoms with E-state index in [1.54, 1.807) is 18.2 Å². The van der Waals surface area contributed by atoms with E-state index in [1.165, 1.54) is 0 Å². The van der Waals surface area contributed by atoms with E-state index in [0.29, 0.717) is 22.7 Å². The number of piperidine rings is 1. The van der Waals surface area contributed by atoms with Crippen LogP contribution >= 0.6 is 0 Å². The van der Waals surface area contributed by atoms with Gasteiger partial charge in [-0.25, -0.2) is 0 Å². The normalized spacial score (nSPS) is 16.8. The zero-order valence-electron chi connectivity index (χ0n) is 16.0. The maximum atomic E-state index is 13.1. The third kappa shape index (κ3) is 4.74. The molecule has 142 valence electrons. The summed E-state index contributed by atoms with van der Waals surface area (Å²) in [5.74, 6) is 0.253. The molecule has 1 aliphatic heterocycles. The average Bonchev–Trinajstić information content (AvgIpc) is 2.68. The van der Waals surface area contributed by atoms with Gasteiger partial charge in [-0.2, -0.15) is 0 Å². The van der Waals surface area contributed by atoms with E-state index in [-0.39, 0.29) is 11.8 Å². The van der Waals surface area contributed by atoms with Gasteiger partial charge in [0.15, 0.2) is 0 Å². The highest BCUT2D eigenvalue weighted by Crippen LogP contribution is 2.23. The van der Waals surface area contributed by atoms with Crippen molar-refractivity contribution in [2.75, 3.05) is 32.0 Å².